The molecule has 0 aliphatic carbocycles. The van der Waals surface area contributed by atoms with Crippen molar-refractivity contribution in [3.05, 3.63) is 77.1 Å². The van der Waals surface area contributed by atoms with E-state index >= 15 is 0 Å². The Bertz CT molecular complexity index is 1050. The van der Waals surface area contributed by atoms with Crippen LogP contribution in [0.5, 0.6) is 0 Å². The third-order valence-electron chi connectivity index (χ3n) is 4.58. The van der Waals surface area contributed by atoms with Crippen molar-refractivity contribution in [3.63, 3.8) is 0 Å². The van der Waals surface area contributed by atoms with Crippen LogP contribution in [-0.4, -0.2) is 20.0 Å². The lowest BCUT2D eigenvalue weighted by Gasteiger charge is -2.06. The quantitative estimate of drug-likeness (QED) is 0.598. The number of aryl methyl sites for hydroxylation is 3. The minimum absolute atomic E-state index is 0.685. The number of anilines is 1. The highest BCUT2D eigenvalue weighted by atomic mass is 15.3. The fourth-order valence-corrected chi connectivity index (χ4v) is 3.16. The number of fused-ring (bicyclic) bond motifs is 1. The van der Waals surface area contributed by atoms with Crippen molar-refractivity contribution in [2.24, 2.45) is 0 Å². The average molecular weight is 343 g/mol. The standard InChI is InChI=1S/C21H21N5/c1-14-9-11-18(12-10-14)26-16(3)19-15(2)23-24-21(20(19)25-26)22-13-17-7-5-4-6-8-17/h4-12H,13H2,1-3H3,(H,22,24). The van der Waals surface area contributed by atoms with Crippen LogP contribution < -0.4 is 5.32 Å². The summed E-state index contributed by atoms with van der Waals surface area (Å²) in [6, 6.07) is 18.6. The minimum Gasteiger partial charge on any atom is -0.363 e. The number of nitrogens with one attached hydrogen (secondary N) is 1. The number of hydrogen-bond donors (Lipinski definition) is 1. The van der Waals surface area contributed by atoms with Gasteiger partial charge in [-0.1, -0.05) is 48.0 Å². The summed E-state index contributed by atoms with van der Waals surface area (Å²) < 4.78 is 1.97. The summed E-state index contributed by atoms with van der Waals surface area (Å²) in [6.45, 7) is 6.82. The van der Waals surface area contributed by atoms with Crippen molar-refractivity contribution in [1.82, 2.24) is 20.0 Å². The summed E-state index contributed by atoms with van der Waals surface area (Å²) in [7, 11) is 0. The Morgan fingerprint density at radius 3 is 2.35 bits per heavy atom. The zero-order valence-corrected chi connectivity index (χ0v) is 15.2. The van der Waals surface area contributed by atoms with Gasteiger partial charge >= 0.3 is 0 Å². The molecule has 0 saturated carbocycles. The van der Waals surface area contributed by atoms with Crippen LogP contribution in [0.3, 0.4) is 0 Å². The maximum Gasteiger partial charge on any atom is 0.177 e. The highest BCUT2D eigenvalue weighted by molar-refractivity contribution is 5.92. The number of nitrogens with zero attached hydrogens (tertiary/aromatic N) is 4. The van der Waals surface area contributed by atoms with E-state index < -0.39 is 0 Å². The largest absolute Gasteiger partial charge is 0.363 e. The topological polar surface area (TPSA) is 55.6 Å². The van der Waals surface area contributed by atoms with Crippen molar-refractivity contribution >= 4 is 16.7 Å². The van der Waals surface area contributed by atoms with Gasteiger partial charge in [-0.3, -0.25) is 0 Å². The monoisotopic (exact) mass is 343 g/mol. The molecule has 0 saturated heterocycles. The molecule has 26 heavy (non-hydrogen) atoms. The van der Waals surface area contributed by atoms with Crippen LogP contribution in [0.2, 0.25) is 0 Å². The first-order chi connectivity index (χ1) is 12.6. The van der Waals surface area contributed by atoms with Gasteiger partial charge in [-0.25, -0.2) is 4.68 Å². The Hall–Kier alpha value is -3.21. The molecule has 0 aliphatic heterocycles. The van der Waals surface area contributed by atoms with Crippen molar-refractivity contribution in [2.75, 3.05) is 5.32 Å². The maximum atomic E-state index is 4.84. The van der Waals surface area contributed by atoms with Crippen LogP contribution in [-0.2, 0) is 6.54 Å². The second-order valence-electron chi connectivity index (χ2n) is 6.53. The Morgan fingerprint density at radius 1 is 0.885 bits per heavy atom. The summed E-state index contributed by atoms with van der Waals surface area (Å²) in [4.78, 5) is 0. The summed E-state index contributed by atoms with van der Waals surface area (Å²) in [5, 5.41) is 18.0. The van der Waals surface area contributed by atoms with Crippen molar-refractivity contribution in [2.45, 2.75) is 27.3 Å². The molecule has 0 spiro atoms. The Labute approximate surface area is 152 Å². The van der Waals surface area contributed by atoms with Gasteiger partial charge in [0.1, 0.15) is 5.52 Å². The summed E-state index contributed by atoms with van der Waals surface area (Å²) >= 11 is 0. The lowest BCUT2D eigenvalue weighted by atomic mass is 10.2. The average Bonchev–Trinajstić information content (AvgIpc) is 3.01. The molecule has 0 bridgehead atoms. The molecule has 0 unspecified atom stereocenters. The van der Waals surface area contributed by atoms with Crippen LogP contribution in [0.15, 0.2) is 54.6 Å². The second-order valence-corrected chi connectivity index (χ2v) is 6.53. The maximum absolute atomic E-state index is 4.84. The molecule has 2 aromatic carbocycles. The van der Waals surface area contributed by atoms with Crippen LogP contribution in [0, 0.1) is 20.8 Å². The molecule has 5 nitrogen and oxygen atoms in total. The van der Waals surface area contributed by atoms with Crippen LogP contribution in [0.1, 0.15) is 22.5 Å². The number of rotatable bonds is 4. The highest BCUT2D eigenvalue weighted by Crippen LogP contribution is 2.27. The third kappa shape index (κ3) is 2.92. The van der Waals surface area contributed by atoms with Gasteiger partial charge < -0.3 is 5.32 Å². The zero-order valence-electron chi connectivity index (χ0n) is 15.2. The normalized spacial score (nSPS) is 11.0. The molecule has 1 N–H and O–H groups in total. The Balaban J connectivity index is 1.76. The van der Waals surface area contributed by atoms with E-state index in [0.29, 0.717) is 12.4 Å². The van der Waals surface area contributed by atoms with Gasteiger partial charge in [-0.05, 0) is 38.5 Å². The summed E-state index contributed by atoms with van der Waals surface area (Å²) in [5.41, 5.74) is 6.27. The van der Waals surface area contributed by atoms with Crippen molar-refractivity contribution in [3.8, 4) is 5.69 Å². The van der Waals surface area contributed by atoms with Crippen molar-refractivity contribution in [1.29, 1.82) is 0 Å². The highest BCUT2D eigenvalue weighted by Gasteiger charge is 2.16. The van der Waals surface area contributed by atoms with E-state index in [9.17, 15) is 0 Å². The molecule has 2 heterocycles. The fraction of sp³-hybridized carbons (Fsp3) is 0.190. The Morgan fingerprint density at radius 2 is 1.62 bits per heavy atom. The molecule has 0 atom stereocenters. The minimum atomic E-state index is 0.685. The van der Waals surface area contributed by atoms with Crippen LogP contribution in [0.25, 0.3) is 16.6 Å². The van der Waals surface area contributed by atoms with Gasteiger partial charge in [0.25, 0.3) is 0 Å². The van der Waals surface area contributed by atoms with E-state index in [-0.39, 0.29) is 0 Å². The molecule has 4 aromatic rings. The first-order valence-electron chi connectivity index (χ1n) is 8.71. The second kappa shape index (κ2) is 6.59. The summed E-state index contributed by atoms with van der Waals surface area (Å²) in [6.07, 6.45) is 0. The lowest BCUT2D eigenvalue weighted by Crippen LogP contribution is -2.04. The van der Waals surface area contributed by atoms with E-state index in [1.165, 1.54) is 11.1 Å². The summed E-state index contributed by atoms with van der Waals surface area (Å²) in [5.74, 6) is 0.711. The number of benzene rings is 2. The molecule has 5 heteroatoms. The van der Waals surface area contributed by atoms with Crippen LogP contribution in [0.4, 0.5) is 5.82 Å². The smallest absolute Gasteiger partial charge is 0.177 e. The third-order valence-corrected chi connectivity index (χ3v) is 4.58. The van der Waals surface area contributed by atoms with E-state index in [1.807, 2.05) is 29.8 Å². The van der Waals surface area contributed by atoms with E-state index in [4.69, 9.17) is 5.10 Å². The van der Waals surface area contributed by atoms with Gasteiger partial charge in [-0.15, -0.1) is 5.10 Å². The molecule has 2 aromatic heterocycles. The zero-order chi connectivity index (χ0) is 18.1. The predicted molar refractivity (Wildman–Crippen MR) is 105 cm³/mol. The van der Waals surface area contributed by atoms with Gasteiger partial charge in [0, 0.05) is 6.54 Å². The molecular formula is C21H21N5. The molecule has 0 amide bonds. The van der Waals surface area contributed by atoms with E-state index in [0.717, 1.165) is 28.0 Å². The van der Waals surface area contributed by atoms with Crippen LogP contribution >= 0.6 is 0 Å². The molecule has 0 aliphatic rings. The lowest BCUT2D eigenvalue weighted by molar-refractivity contribution is 0.859. The predicted octanol–water partition coefficient (Wildman–Crippen LogP) is 4.35. The molecular weight excluding hydrogens is 322 g/mol. The van der Waals surface area contributed by atoms with Gasteiger partial charge in [0.15, 0.2) is 5.82 Å². The first kappa shape index (κ1) is 16.3. The molecule has 130 valence electrons. The number of aromatic nitrogens is 4. The van der Waals surface area contributed by atoms with E-state index in [2.05, 4.69) is 65.8 Å². The fourth-order valence-electron chi connectivity index (χ4n) is 3.16. The van der Waals surface area contributed by atoms with E-state index in [1.54, 1.807) is 0 Å². The number of hydrogen-bond acceptors (Lipinski definition) is 4. The molecule has 0 fully saturated rings. The molecule has 4 rings (SSSR count). The van der Waals surface area contributed by atoms with Gasteiger partial charge in [-0.2, -0.15) is 10.2 Å². The van der Waals surface area contributed by atoms with Gasteiger partial charge in [0.2, 0.25) is 0 Å². The van der Waals surface area contributed by atoms with Crippen molar-refractivity contribution < 1.29 is 0 Å². The SMILES string of the molecule is Cc1ccc(-n2nc3c(NCc4ccccc4)nnc(C)c3c2C)cc1. The van der Waals surface area contributed by atoms with Gasteiger partial charge in [0.05, 0.1) is 22.5 Å². The Kier molecular flexibility index (Phi) is 4.13. The first-order valence-corrected chi connectivity index (χ1v) is 8.71. The molecule has 0 radical (unpaired) electrons.